The van der Waals surface area contributed by atoms with Gasteiger partial charge in [-0.05, 0) is 54.8 Å². The van der Waals surface area contributed by atoms with Gasteiger partial charge >= 0.3 is 5.97 Å². The van der Waals surface area contributed by atoms with E-state index in [1.807, 2.05) is 0 Å². The second kappa shape index (κ2) is 8.84. The molecule has 1 amide bonds. The standard InChI is InChI=1S/C19H20FNO5/c1-12-9-14(26-11-19(23)24)5-6-16(12)21-18(22)8-4-13-3-7-17(25-2)15(20)10-13/h3,5-7,9-10H,4,8,11H2,1-2H3,(H,21,22)(H,23,24). The fourth-order valence-electron chi connectivity index (χ4n) is 2.35. The molecule has 2 N–H and O–H groups in total. The first-order valence-electron chi connectivity index (χ1n) is 7.96. The molecule has 0 unspecified atom stereocenters. The minimum atomic E-state index is -1.06. The van der Waals surface area contributed by atoms with Crippen molar-refractivity contribution < 1.29 is 28.6 Å². The van der Waals surface area contributed by atoms with Crippen molar-refractivity contribution in [2.45, 2.75) is 19.8 Å². The number of carboxylic acids is 1. The lowest BCUT2D eigenvalue weighted by Gasteiger charge is -2.11. The van der Waals surface area contributed by atoms with Gasteiger partial charge in [0.15, 0.2) is 18.2 Å². The number of ether oxygens (including phenoxy) is 2. The molecule has 0 spiro atoms. The Bertz CT molecular complexity index is 807. The molecule has 0 saturated carbocycles. The maximum atomic E-state index is 13.7. The zero-order valence-corrected chi connectivity index (χ0v) is 14.5. The molecule has 0 aromatic heterocycles. The molecule has 0 bridgehead atoms. The summed E-state index contributed by atoms with van der Waals surface area (Å²) in [6, 6.07) is 9.49. The highest BCUT2D eigenvalue weighted by Crippen LogP contribution is 2.22. The van der Waals surface area contributed by atoms with Gasteiger partial charge in [0.1, 0.15) is 5.75 Å². The fraction of sp³-hybridized carbons (Fsp3) is 0.263. The summed E-state index contributed by atoms with van der Waals surface area (Å²) < 4.78 is 23.6. The van der Waals surface area contributed by atoms with Crippen molar-refractivity contribution in [2.75, 3.05) is 19.0 Å². The number of carbonyl (C=O) groups excluding carboxylic acids is 1. The molecule has 0 heterocycles. The molecule has 0 fully saturated rings. The van der Waals surface area contributed by atoms with Gasteiger partial charge in [-0.3, -0.25) is 4.79 Å². The zero-order chi connectivity index (χ0) is 19.1. The van der Waals surface area contributed by atoms with E-state index in [9.17, 15) is 14.0 Å². The van der Waals surface area contributed by atoms with E-state index in [2.05, 4.69) is 5.32 Å². The number of hydrogen-bond acceptors (Lipinski definition) is 4. The van der Waals surface area contributed by atoms with Gasteiger partial charge in [-0.15, -0.1) is 0 Å². The second-order valence-electron chi connectivity index (χ2n) is 5.68. The maximum absolute atomic E-state index is 13.7. The summed E-state index contributed by atoms with van der Waals surface area (Å²) in [5.41, 5.74) is 2.06. The minimum absolute atomic E-state index is 0.166. The number of benzene rings is 2. The van der Waals surface area contributed by atoms with Crippen molar-refractivity contribution in [1.29, 1.82) is 0 Å². The highest BCUT2D eigenvalue weighted by atomic mass is 19.1. The van der Waals surface area contributed by atoms with Crippen molar-refractivity contribution in [1.82, 2.24) is 0 Å². The molecule has 138 valence electrons. The molecule has 2 rings (SSSR count). The van der Waals surface area contributed by atoms with Gasteiger partial charge in [-0.2, -0.15) is 0 Å². The van der Waals surface area contributed by atoms with Crippen molar-refractivity contribution in [3.05, 3.63) is 53.3 Å². The molecule has 0 radical (unpaired) electrons. The molecule has 6 nitrogen and oxygen atoms in total. The zero-order valence-electron chi connectivity index (χ0n) is 14.5. The first-order chi connectivity index (χ1) is 12.4. The van der Waals surface area contributed by atoms with Crippen LogP contribution in [0.4, 0.5) is 10.1 Å². The molecule has 0 saturated heterocycles. The van der Waals surface area contributed by atoms with Crippen LogP contribution < -0.4 is 14.8 Å². The largest absolute Gasteiger partial charge is 0.494 e. The fourth-order valence-corrected chi connectivity index (χ4v) is 2.35. The van der Waals surface area contributed by atoms with Gasteiger partial charge in [0.25, 0.3) is 0 Å². The average molecular weight is 361 g/mol. The number of aryl methyl sites for hydroxylation is 2. The Labute approximate surface area is 150 Å². The summed E-state index contributed by atoms with van der Waals surface area (Å²) in [4.78, 5) is 22.6. The number of nitrogens with one attached hydrogen (secondary N) is 1. The molecule has 0 aliphatic heterocycles. The third kappa shape index (κ3) is 5.47. The Morgan fingerprint density at radius 3 is 2.58 bits per heavy atom. The van der Waals surface area contributed by atoms with Crippen LogP contribution in [-0.4, -0.2) is 30.7 Å². The smallest absolute Gasteiger partial charge is 0.341 e. The summed E-state index contributed by atoms with van der Waals surface area (Å²) >= 11 is 0. The number of hydrogen-bond donors (Lipinski definition) is 2. The summed E-state index contributed by atoms with van der Waals surface area (Å²) in [5, 5.41) is 11.4. The normalized spacial score (nSPS) is 10.3. The van der Waals surface area contributed by atoms with Crippen LogP contribution in [0.25, 0.3) is 0 Å². The van der Waals surface area contributed by atoms with Crippen molar-refractivity contribution in [3.8, 4) is 11.5 Å². The number of halogens is 1. The molecular weight excluding hydrogens is 341 g/mol. The Morgan fingerprint density at radius 1 is 1.19 bits per heavy atom. The first kappa shape index (κ1) is 19.2. The summed E-state index contributed by atoms with van der Waals surface area (Å²) in [7, 11) is 1.39. The maximum Gasteiger partial charge on any atom is 0.341 e. The number of carboxylic acid groups (broad SMARTS) is 1. The van der Waals surface area contributed by atoms with E-state index in [0.29, 0.717) is 23.4 Å². The molecule has 0 aliphatic carbocycles. The van der Waals surface area contributed by atoms with E-state index < -0.39 is 18.4 Å². The van der Waals surface area contributed by atoms with Gasteiger partial charge in [0.2, 0.25) is 5.91 Å². The topological polar surface area (TPSA) is 84.9 Å². The predicted molar refractivity (Wildman–Crippen MR) is 94.2 cm³/mol. The lowest BCUT2D eigenvalue weighted by atomic mass is 10.1. The van der Waals surface area contributed by atoms with Crippen LogP contribution in [0.1, 0.15) is 17.5 Å². The molecule has 0 atom stereocenters. The Balaban J connectivity index is 1.91. The van der Waals surface area contributed by atoms with E-state index in [1.165, 1.54) is 19.2 Å². The number of aliphatic carboxylic acids is 1. The van der Waals surface area contributed by atoms with Crippen molar-refractivity contribution >= 4 is 17.6 Å². The van der Waals surface area contributed by atoms with E-state index in [1.54, 1.807) is 31.2 Å². The SMILES string of the molecule is COc1ccc(CCC(=O)Nc2ccc(OCC(=O)O)cc2C)cc1F. The number of anilines is 1. The van der Waals surface area contributed by atoms with Crippen LogP contribution in [0.2, 0.25) is 0 Å². The van der Waals surface area contributed by atoms with Gasteiger partial charge in [0.05, 0.1) is 7.11 Å². The summed E-state index contributed by atoms with van der Waals surface area (Å²) in [5.74, 6) is -1.15. The van der Waals surface area contributed by atoms with Crippen molar-refractivity contribution in [3.63, 3.8) is 0 Å². The van der Waals surface area contributed by atoms with Gasteiger partial charge in [-0.25, -0.2) is 9.18 Å². The van der Waals surface area contributed by atoms with Crippen LogP contribution in [0.5, 0.6) is 11.5 Å². The first-order valence-corrected chi connectivity index (χ1v) is 7.96. The lowest BCUT2D eigenvalue weighted by Crippen LogP contribution is -2.13. The third-order valence-corrected chi connectivity index (χ3v) is 3.69. The highest BCUT2D eigenvalue weighted by molar-refractivity contribution is 5.91. The Hall–Kier alpha value is -3.09. The number of carbonyl (C=O) groups is 2. The van der Waals surface area contributed by atoms with Crippen LogP contribution in [0, 0.1) is 12.7 Å². The molecule has 2 aromatic carbocycles. The molecule has 7 heteroatoms. The second-order valence-corrected chi connectivity index (χ2v) is 5.68. The average Bonchev–Trinajstić information content (AvgIpc) is 2.60. The monoisotopic (exact) mass is 361 g/mol. The van der Waals surface area contributed by atoms with E-state index in [0.717, 1.165) is 5.56 Å². The summed E-state index contributed by atoms with van der Waals surface area (Å²) in [6.45, 7) is 1.35. The highest BCUT2D eigenvalue weighted by Gasteiger charge is 2.09. The number of rotatable bonds is 8. The van der Waals surface area contributed by atoms with E-state index in [4.69, 9.17) is 14.6 Å². The van der Waals surface area contributed by atoms with Crippen LogP contribution >= 0.6 is 0 Å². The quantitative estimate of drug-likeness (QED) is 0.754. The van der Waals surface area contributed by atoms with E-state index in [-0.39, 0.29) is 18.1 Å². The number of amides is 1. The lowest BCUT2D eigenvalue weighted by molar-refractivity contribution is -0.139. The number of methoxy groups -OCH3 is 1. The van der Waals surface area contributed by atoms with Gasteiger partial charge in [0, 0.05) is 12.1 Å². The predicted octanol–water partition coefficient (Wildman–Crippen LogP) is 3.18. The van der Waals surface area contributed by atoms with Gasteiger partial charge in [-0.1, -0.05) is 6.07 Å². The minimum Gasteiger partial charge on any atom is -0.494 e. The molecule has 2 aromatic rings. The molecule has 0 aliphatic rings. The van der Waals surface area contributed by atoms with Crippen molar-refractivity contribution in [2.24, 2.45) is 0 Å². The Kier molecular flexibility index (Phi) is 6.54. The summed E-state index contributed by atoms with van der Waals surface area (Å²) in [6.07, 6.45) is 0.591. The molecular formula is C19H20FNO5. The molecule has 26 heavy (non-hydrogen) atoms. The van der Waals surface area contributed by atoms with Crippen LogP contribution in [-0.2, 0) is 16.0 Å². The van der Waals surface area contributed by atoms with E-state index >= 15 is 0 Å². The van der Waals surface area contributed by atoms with Crippen LogP contribution in [0.3, 0.4) is 0 Å². The van der Waals surface area contributed by atoms with Crippen LogP contribution in [0.15, 0.2) is 36.4 Å². The van der Waals surface area contributed by atoms with Gasteiger partial charge < -0.3 is 19.9 Å². The Morgan fingerprint density at radius 2 is 1.96 bits per heavy atom. The third-order valence-electron chi connectivity index (χ3n) is 3.69.